The van der Waals surface area contributed by atoms with E-state index >= 15 is 0 Å². The lowest BCUT2D eigenvalue weighted by Crippen LogP contribution is -2.47. The SMILES string of the molecule is CC(C)C(NC(=O)c1ccc(F)cc1)C(=O)Nc1ncn(Cc2ccc(Br)cc2)n1. The summed E-state index contributed by atoms with van der Waals surface area (Å²) in [5, 5.41) is 9.59. The van der Waals surface area contributed by atoms with Gasteiger partial charge in [0.15, 0.2) is 0 Å². The minimum Gasteiger partial charge on any atom is -0.340 e. The fourth-order valence-corrected chi connectivity index (χ4v) is 3.02. The smallest absolute Gasteiger partial charge is 0.251 e. The summed E-state index contributed by atoms with van der Waals surface area (Å²) in [6.07, 6.45) is 1.53. The van der Waals surface area contributed by atoms with Gasteiger partial charge in [-0.05, 0) is 47.9 Å². The lowest BCUT2D eigenvalue weighted by atomic mass is 10.0. The van der Waals surface area contributed by atoms with Gasteiger partial charge in [0, 0.05) is 10.0 Å². The molecule has 0 aliphatic rings. The first-order valence-corrected chi connectivity index (χ1v) is 10.1. The molecule has 1 aromatic heterocycles. The van der Waals surface area contributed by atoms with Crippen molar-refractivity contribution in [2.45, 2.75) is 26.4 Å². The van der Waals surface area contributed by atoms with Crippen LogP contribution < -0.4 is 10.6 Å². The Morgan fingerprint density at radius 3 is 2.40 bits per heavy atom. The van der Waals surface area contributed by atoms with Gasteiger partial charge in [0.1, 0.15) is 18.2 Å². The molecule has 0 aliphatic carbocycles. The van der Waals surface area contributed by atoms with Crippen molar-refractivity contribution in [2.75, 3.05) is 5.32 Å². The van der Waals surface area contributed by atoms with Crippen LogP contribution in [0.3, 0.4) is 0 Å². The maximum atomic E-state index is 13.1. The molecule has 30 heavy (non-hydrogen) atoms. The van der Waals surface area contributed by atoms with E-state index in [0.717, 1.165) is 10.0 Å². The van der Waals surface area contributed by atoms with E-state index in [1.807, 2.05) is 38.1 Å². The first-order chi connectivity index (χ1) is 14.3. The zero-order valence-electron chi connectivity index (χ0n) is 16.5. The first kappa shape index (κ1) is 21.6. The highest BCUT2D eigenvalue weighted by Gasteiger charge is 2.25. The van der Waals surface area contributed by atoms with Crippen LogP contribution in [0.2, 0.25) is 0 Å². The van der Waals surface area contributed by atoms with Crippen LogP contribution in [0.1, 0.15) is 29.8 Å². The van der Waals surface area contributed by atoms with Crippen LogP contribution in [-0.2, 0) is 11.3 Å². The average molecular weight is 474 g/mol. The molecule has 1 unspecified atom stereocenters. The topological polar surface area (TPSA) is 88.9 Å². The molecule has 0 fully saturated rings. The van der Waals surface area contributed by atoms with Gasteiger partial charge in [0.25, 0.3) is 5.91 Å². The van der Waals surface area contributed by atoms with Crippen LogP contribution in [0.25, 0.3) is 0 Å². The van der Waals surface area contributed by atoms with Gasteiger partial charge < -0.3 is 5.32 Å². The lowest BCUT2D eigenvalue weighted by molar-refractivity contribution is -0.118. The van der Waals surface area contributed by atoms with Crippen molar-refractivity contribution in [3.63, 3.8) is 0 Å². The predicted octanol–water partition coefficient (Wildman–Crippen LogP) is 3.62. The number of amides is 2. The number of halogens is 2. The molecule has 156 valence electrons. The number of anilines is 1. The Balaban J connectivity index is 1.63. The molecule has 9 heteroatoms. The Bertz CT molecular complexity index is 1020. The van der Waals surface area contributed by atoms with E-state index < -0.39 is 23.7 Å². The van der Waals surface area contributed by atoms with Crippen LogP contribution in [0.15, 0.2) is 59.3 Å². The Labute approximate surface area is 181 Å². The summed E-state index contributed by atoms with van der Waals surface area (Å²) in [4.78, 5) is 29.2. The molecular formula is C21H21BrFN5O2. The van der Waals surface area contributed by atoms with Crippen LogP contribution >= 0.6 is 15.9 Å². The third-order valence-electron chi connectivity index (χ3n) is 4.37. The van der Waals surface area contributed by atoms with Crippen LogP contribution in [-0.4, -0.2) is 32.6 Å². The summed E-state index contributed by atoms with van der Waals surface area (Å²) >= 11 is 3.39. The molecule has 2 N–H and O–H groups in total. The summed E-state index contributed by atoms with van der Waals surface area (Å²) in [7, 11) is 0. The number of hydrogen-bond donors (Lipinski definition) is 2. The number of hydrogen-bond acceptors (Lipinski definition) is 4. The van der Waals surface area contributed by atoms with E-state index in [1.165, 1.54) is 30.6 Å². The van der Waals surface area contributed by atoms with Crippen molar-refractivity contribution in [2.24, 2.45) is 5.92 Å². The summed E-state index contributed by atoms with van der Waals surface area (Å²) in [5.74, 6) is -1.35. The Hall–Kier alpha value is -3.07. The van der Waals surface area contributed by atoms with Crippen molar-refractivity contribution in [1.82, 2.24) is 20.1 Å². The summed E-state index contributed by atoms with van der Waals surface area (Å²) in [6, 6.07) is 12.1. The zero-order valence-corrected chi connectivity index (χ0v) is 18.1. The normalized spacial score (nSPS) is 11.9. The van der Waals surface area contributed by atoms with Crippen molar-refractivity contribution < 1.29 is 14.0 Å². The maximum Gasteiger partial charge on any atom is 0.251 e. The van der Waals surface area contributed by atoms with Gasteiger partial charge in [-0.3, -0.25) is 14.9 Å². The van der Waals surface area contributed by atoms with E-state index in [2.05, 4.69) is 36.6 Å². The zero-order chi connectivity index (χ0) is 21.7. The second-order valence-electron chi connectivity index (χ2n) is 7.08. The molecule has 2 amide bonds. The quantitative estimate of drug-likeness (QED) is 0.548. The van der Waals surface area contributed by atoms with Crippen LogP contribution in [0, 0.1) is 11.7 Å². The van der Waals surface area contributed by atoms with Gasteiger partial charge >= 0.3 is 0 Å². The van der Waals surface area contributed by atoms with E-state index in [1.54, 1.807) is 4.68 Å². The summed E-state index contributed by atoms with van der Waals surface area (Å²) < 4.78 is 15.7. The minimum atomic E-state index is -0.805. The maximum absolute atomic E-state index is 13.1. The molecule has 0 aliphatic heterocycles. The molecule has 1 atom stereocenters. The standard InChI is InChI=1S/C21H21BrFN5O2/c1-13(2)18(25-19(29)15-5-9-17(23)10-6-15)20(30)26-21-24-12-28(27-21)11-14-3-7-16(22)8-4-14/h3-10,12-13,18H,11H2,1-2H3,(H,25,29)(H,26,27,30). The Kier molecular flexibility index (Phi) is 6.94. The Morgan fingerprint density at radius 1 is 1.10 bits per heavy atom. The van der Waals surface area contributed by atoms with Crippen molar-refractivity contribution in [3.8, 4) is 0 Å². The number of nitrogens with one attached hydrogen (secondary N) is 2. The van der Waals surface area contributed by atoms with Crippen molar-refractivity contribution in [3.05, 3.63) is 76.3 Å². The fourth-order valence-electron chi connectivity index (χ4n) is 2.75. The third kappa shape index (κ3) is 5.73. The molecule has 0 spiro atoms. The van der Waals surface area contributed by atoms with E-state index in [4.69, 9.17) is 0 Å². The molecule has 0 saturated carbocycles. The predicted molar refractivity (Wildman–Crippen MR) is 114 cm³/mol. The molecular weight excluding hydrogens is 453 g/mol. The lowest BCUT2D eigenvalue weighted by Gasteiger charge is -2.21. The van der Waals surface area contributed by atoms with Crippen molar-refractivity contribution in [1.29, 1.82) is 0 Å². The van der Waals surface area contributed by atoms with Gasteiger partial charge in [0.05, 0.1) is 6.54 Å². The molecule has 1 heterocycles. The molecule has 7 nitrogen and oxygen atoms in total. The fraction of sp³-hybridized carbons (Fsp3) is 0.238. The monoisotopic (exact) mass is 473 g/mol. The highest BCUT2D eigenvalue weighted by molar-refractivity contribution is 9.10. The second kappa shape index (κ2) is 9.62. The molecule has 3 rings (SSSR count). The molecule has 2 aromatic carbocycles. The molecule has 3 aromatic rings. The largest absolute Gasteiger partial charge is 0.340 e. The van der Waals surface area contributed by atoms with Crippen LogP contribution in [0.5, 0.6) is 0 Å². The van der Waals surface area contributed by atoms with E-state index in [9.17, 15) is 14.0 Å². The van der Waals surface area contributed by atoms with E-state index in [-0.39, 0.29) is 17.4 Å². The highest BCUT2D eigenvalue weighted by Crippen LogP contribution is 2.12. The second-order valence-corrected chi connectivity index (χ2v) is 8.00. The summed E-state index contributed by atoms with van der Waals surface area (Å²) in [5.41, 5.74) is 1.30. The first-order valence-electron chi connectivity index (χ1n) is 9.33. The molecule has 0 bridgehead atoms. The number of nitrogens with zero attached hydrogens (tertiary/aromatic N) is 3. The average Bonchev–Trinajstić information content (AvgIpc) is 3.14. The summed E-state index contributed by atoms with van der Waals surface area (Å²) in [6.45, 7) is 4.13. The molecule has 0 saturated heterocycles. The Morgan fingerprint density at radius 2 is 1.77 bits per heavy atom. The highest BCUT2D eigenvalue weighted by atomic mass is 79.9. The minimum absolute atomic E-state index is 0.152. The van der Waals surface area contributed by atoms with Crippen LogP contribution in [0.4, 0.5) is 10.3 Å². The number of carbonyl (C=O) groups excluding carboxylic acids is 2. The number of aromatic nitrogens is 3. The third-order valence-corrected chi connectivity index (χ3v) is 4.90. The van der Waals surface area contributed by atoms with Gasteiger partial charge in [-0.25, -0.2) is 14.1 Å². The van der Waals surface area contributed by atoms with Gasteiger partial charge in [-0.1, -0.05) is 41.9 Å². The molecule has 0 radical (unpaired) electrons. The number of rotatable bonds is 7. The van der Waals surface area contributed by atoms with Gasteiger partial charge in [-0.2, -0.15) is 0 Å². The van der Waals surface area contributed by atoms with E-state index in [0.29, 0.717) is 6.54 Å². The van der Waals surface area contributed by atoms with Crippen molar-refractivity contribution >= 4 is 33.7 Å². The van der Waals surface area contributed by atoms with Gasteiger partial charge in [0.2, 0.25) is 11.9 Å². The number of carbonyl (C=O) groups is 2. The number of benzene rings is 2. The van der Waals surface area contributed by atoms with Gasteiger partial charge in [-0.15, -0.1) is 5.10 Å².